The van der Waals surface area contributed by atoms with Crippen LogP contribution in [0.15, 0.2) is 62.3 Å². The number of ether oxygens (including phenoxy) is 4. The van der Waals surface area contributed by atoms with E-state index in [-0.39, 0.29) is 39.6 Å². The Bertz CT molecular complexity index is 746. The van der Waals surface area contributed by atoms with Crippen LogP contribution < -0.4 is 0 Å². The molecule has 0 saturated carbocycles. The van der Waals surface area contributed by atoms with E-state index in [2.05, 4.69) is 53.8 Å². The fourth-order valence-electron chi connectivity index (χ4n) is 1.49. The van der Waals surface area contributed by atoms with Crippen LogP contribution in [0.5, 0.6) is 0 Å². The van der Waals surface area contributed by atoms with Gasteiger partial charge in [-0.2, -0.15) is 0 Å². The highest BCUT2D eigenvalue weighted by Gasteiger charge is 2.04. The van der Waals surface area contributed by atoms with Gasteiger partial charge in [0.2, 0.25) is 0 Å². The Labute approximate surface area is 249 Å². The van der Waals surface area contributed by atoms with Gasteiger partial charge < -0.3 is 39.4 Å². The molecular formula is C29H52O13. The second-order valence-corrected chi connectivity index (χ2v) is 8.10. The minimum Gasteiger partial charge on any atom is -0.460 e. The zero-order valence-corrected chi connectivity index (χ0v) is 25.7. The van der Waals surface area contributed by atoms with Crippen LogP contribution in [0.3, 0.4) is 0 Å². The van der Waals surface area contributed by atoms with Crippen molar-refractivity contribution in [3.05, 3.63) is 62.3 Å². The number of carbonyl (C=O) groups is 3. The minimum atomic E-state index is -0.608. The lowest BCUT2D eigenvalue weighted by molar-refractivity contribution is -0.267. The summed E-state index contributed by atoms with van der Waals surface area (Å²) in [5.74, 6) is -1.33. The number of aliphatic hydroxyl groups is 4. The summed E-state index contributed by atoms with van der Waals surface area (Å²) in [6.07, 6.45) is 0.288. The van der Waals surface area contributed by atoms with Crippen LogP contribution in [-0.4, -0.2) is 108 Å². The van der Waals surface area contributed by atoms with Gasteiger partial charge in [-0.05, 0) is 34.6 Å². The maximum absolute atomic E-state index is 10.8. The first kappa shape index (κ1) is 48.6. The minimum absolute atomic E-state index is 0.00273. The Hall–Kier alpha value is -3.17. The van der Waals surface area contributed by atoms with Crippen molar-refractivity contribution in [3.63, 3.8) is 0 Å². The molecule has 0 heterocycles. The Morgan fingerprint density at radius 1 is 0.714 bits per heavy atom. The lowest BCUT2D eigenvalue weighted by Crippen LogP contribution is -2.15. The summed E-state index contributed by atoms with van der Waals surface area (Å²) in [5.41, 5.74) is 1.07. The smallest absolute Gasteiger partial charge is 0.333 e. The molecule has 0 bridgehead atoms. The zero-order chi connectivity index (χ0) is 34.1. The molecule has 246 valence electrons. The quantitative estimate of drug-likeness (QED) is 0.0326. The van der Waals surface area contributed by atoms with E-state index >= 15 is 0 Å². The van der Waals surface area contributed by atoms with Crippen LogP contribution in [0, 0.1) is 0 Å². The number of hydrogen-bond acceptors (Lipinski definition) is 13. The molecule has 0 saturated heterocycles. The molecule has 0 aromatic heterocycles. The first-order valence-corrected chi connectivity index (χ1v) is 12.7. The fourth-order valence-corrected chi connectivity index (χ4v) is 1.49. The molecule has 13 heteroatoms. The summed E-state index contributed by atoms with van der Waals surface area (Å²) in [5, 5.41) is 41.9. The molecule has 0 aromatic carbocycles. The van der Waals surface area contributed by atoms with Gasteiger partial charge in [-0.25, -0.2) is 19.3 Å². The molecule has 0 amide bonds. The first-order valence-electron chi connectivity index (χ1n) is 12.7. The second kappa shape index (κ2) is 35.9. The number of aliphatic hydroxyl groups excluding tert-OH is 4. The van der Waals surface area contributed by atoms with Crippen LogP contribution in [0.25, 0.3) is 0 Å². The van der Waals surface area contributed by atoms with E-state index in [9.17, 15) is 14.4 Å². The molecule has 0 radical (unpaired) electrons. The van der Waals surface area contributed by atoms with Crippen LogP contribution >= 0.6 is 0 Å². The molecule has 0 aliphatic rings. The van der Waals surface area contributed by atoms with Crippen molar-refractivity contribution < 1.29 is 63.9 Å². The average molecular weight is 609 g/mol. The molecule has 0 aliphatic carbocycles. The van der Waals surface area contributed by atoms with Gasteiger partial charge in [-0.3, -0.25) is 5.26 Å². The van der Waals surface area contributed by atoms with E-state index in [0.717, 1.165) is 0 Å². The molecule has 0 fully saturated rings. The van der Waals surface area contributed by atoms with Gasteiger partial charge in [0.15, 0.2) is 0 Å². The lowest BCUT2D eigenvalue weighted by atomic mass is 10.3. The van der Waals surface area contributed by atoms with Gasteiger partial charge in [0.25, 0.3) is 0 Å². The van der Waals surface area contributed by atoms with E-state index in [1.165, 1.54) is 6.08 Å². The summed E-state index contributed by atoms with van der Waals surface area (Å²) < 4.78 is 18.7. The van der Waals surface area contributed by atoms with E-state index in [1.54, 1.807) is 34.6 Å². The van der Waals surface area contributed by atoms with Gasteiger partial charge >= 0.3 is 17.9 Å². The van der Waals surface area contributed by atoms with Crippen LogP contribution in [-0.2, 0) is 38.2 Å². The number of rotatable bonds is 16. The third-order valence-corrected chi connectivity index (χ3v) is 3.46. The predicted molar refractivity (Wildman–Crippen MR) is 159 cm³/mol. The van der Waals surface area contributed by atoms with Crippen molar-refractivity contribution in [3.8, 4) is 0 Å². The van der Waals surface area contributed by atoms with Crippen LogP contribution in [0.4, 0.5) is 0 Å². The highest BCUT2D eigenvalue weighted by molar-refractivity contribution is 5.87. The number of hydrogen-bond donors (Lipinski definition) is 5. The molecule has 0 aromatic rings. The largest absolute Gasteiger partial charge is 0.460 e. The van der Waals surface area contributed by atoms with E-state index in [4.69, 9.17) is 35.2 Å². The SMILES string of the molecule is C=C.C=C(C)C(=O)OCC(C)O.C=C(C)C(=O)OCCO.C=C(C)C(=O)OCCOCC(C)O.C=CC(CCO)OO. The molecule has 13 nitrogen and oxygen atoms in total. The van der Waals surface area contributed by atoms with Crippen molar-refractivity contribution in [1.82, 2.24) is 0 Å². The summed E-state index contributed by atoms with van der Waals surface area (Å²) >= 11 is 0. The van der Waals surface area contributed by atoms with Gasteiger partial charge in [0.1, 0.15) is 25.9 Å². The van der Waals surface area contributed by atoms with Crippen molar-refractivity contribution in [2.75, 3.05) is 46.2 Å². The molecule has 0 spiro atoms. The topological polar surface area (TPSA) is 199 Å². The van der Waals surface area contributed by atoms with Crippen molar-refractivity contribution in [2.45, 2.75) is 59.4 Å². The van der Waals surface area contributed by atoms with Gasteiger partial charge in [0.05, 0.1) is 32.0 Å². The van der Waals surface area contributed by atoms with E-state index < -0.39 is 36.2 Å². The summed E-state index contributed by atoms with van der Waals surface area (Å²) in [6, 6.07) is 0. The molecule has 3 atom stereocenters. The second-order valence-electron chi connectivity index (χ2n) is 8.10. The molecular weight excluding hydrogens is 556 g/mol. The average Bonchev–Trinajstić information content (AvgIpc) is 2.94. The third kappa shape index (κ3) is 43.9. The molecule has 0 aliphatic heterocycles. The first-order chi connectivity index (χ1) is 19.6. The van der Waals surface area contributed by atoms with Crippen LogP contribution in [0.2, 0.25) is 0 Å². The zero-order valence-electron chi connectivity index (χ0n) is 25.7. The Morgan fingerprint density at radius 3 is 1.40 bits per heavy atom. The molecule has 3 unspecified atom stereocenters. The highest BCUT2D eigenvalue weighted by atomic mass is 17.1. The molecule has 0 rings (SSSR count). The maximum Gasteiger partial charge on any atom is 0.333 e. The lowest BCUT2D eigenvalue weighted by Gasteiger charge is -2.06. The summed E-state index contributed by atoms with van der Waals surface area (Å²) in [4.78, 5) is 35.8. The standard InChI is InChI=1S/C9H16O4.C7H12O3.C6H10O3.C5H10O3.C2H4/c1-7(2)9(11)13-5-4-12-6-8(3)10;1-5(2)7(9)10-4-6(3)8;1-5(2)6(8)9-4-3-7;1-2-5(8-7)3-4-6;1-2/h8,10H,1,4-6H2,2-3H3;6,8H,1,4H2,2-3H3;7H,1,3-4H2,2H3;2,5-7H,1,3-4H2;1-2H2. The number of esters is 3. The Morgan fingerprint density at radius 2 is 1.12 bits per heavy atom. The molecule has 5 N–H and O–H groups in total. The van der Waals surface area contributed by atoms with Gasteiger partial charge in [0, 0.05) is 29.7 Å². The van der Waals surface area contributed by atoms with Crippen molar-refractivity contribution >= 4 is 17.9 Å². The normalized spacial score (nSPS) is 11.2. The maximum atomic E-state index is 10.8. The van der Waals surface area contributed by atoms with Gasteiger partial charge in [-0.15, -0.1) is 19.7 Å². The summed E-state index contributed by atoms with van der Waals surface area (Å²) in [6.45, 7) is 28.1. The fraction of sp³-hybridized carbons (Fsp3) is 0.552. The van der Waals surface area contributed by atoms with Gasteiger partial charge in [-0.1, -0.05) is 25.8 Å². The van der Waals surface area contributed by atoms with Crippen molar-refractivity contribution in [1.29, 1.82) is 0 Å². The Kier molecular flexibility index (Phi) is 41.5. The summed E-state index contributed by atoms with van der Waals surface area (Å²) in [7, 11) is 0. The van der Waals surface area contributed by atoms with Crippen molar-refractivity contribution in [2.24, 2.45) is 0 Å². The predicted octanol–water partition coefficient (Wildman–Crippen LogP) is 2.30. The van der Waals surface area contributed by atoms with E-state index in [0.29, 0.717) is 29.7 Å². The van der Waals surface area contributed by atoms with Crippen LogP contribution in [0.1, 0.15) is 41.0 Å². The number of carbonyl (C=O) groups excluding carboxylic acids is 3. The Balaban J connectivity index is -0.000000144. The monoisotopic (exact) mass is 608 g/mol. The molecule has 42 heavy (non-hydrogen) atoms. The highest BCUT2D eigenvalue weighted by Crippen LogP contribution is 1.95. The third-order valence-electron chi connectivity index (χ3n) is 3.46. The van der Waals surface area contributed by atoms with E-state index in [1.807, 2.05) is 0 Å².